The van der Waals surface area contributed by atoms with E-state index < -0.39 is 0 Å². The van der Waals surface area contributed by atoms with Gasteiger partial charge in [-0.05, 0) is 76.3 Å². The second kappa shape index (κ2) is 14.9. The number of carbonyl (C=O) groups excluding carboxylic acids is 2. The smallest absolute Gasteiger partial charge is 0.270 e. The Morgan fingerprint density at radius 1 is 1.06 bits per heavy atom. The van der Waals surface area contributed by atoms with Gasteiger partial charge in [0.15, 0.2) is 0 Å². The lowest BCUT2D eigenvalue weighted by atomic mass is 10.0. The van der Waals surface area contributed by atoms with Crippen molar-refractivity contribution in [1.29, 1.82) is 0 Å². The number of carbonyl (C=O) groups is 2. The van der Waals surface area contributed by atoms with Gasteiger partial charge in [0.1, 0.15) is 23.8 Å². The molecule has 256 valence electrons. The highest BCUT2D eigenvalue weighted by atomic mass is 19.1. The lowest BCUT2D eigenvalue weighted by Gasteiger charge is -2.46. The summed E-state index contributed by atoms with van der Waals surface area (Å²) in [6.45, 7) is 14.0. The van der Waals surface area contributed by atoms with Crippen LogP contribution in [0.5, 0.6) is 5.88 Å². The molecular weight excluding hydrogens is 603 g/mol. The number of piperazine rings is 1. The van der Waals surface area contributed by atoms with Gasteiger partial charge in [0.05, 0.1) is 31.9 Å². The molecule has 47 heavy (non-hydrogen) atoms. The number of benzene rings is 1. The maximum atomic E-state index is 14.3. The number of pyridine rings is 1. The summed E-state index contributed by atoms with van der Waals surface area (Å²) in [5.41, 5.74) is 2.25. The molecule has 0 saturated carbocycles. The van der Waals surface area contributed by atoms with Gasteiger partial charge < -0.3 is 29.7 Å². The van der Waals surface area contributed by atoms with Crippen molar-refractivity contribution in [2.45, 2.75) is 83.3 Å². The molecular formula is C35H49FN6O5. The van der Waals surface area contributed by atoms with Crippen molar-refractivity contribution in [3.8, 4) is 5.88 Å². The van der Waals surface area contributed by atoms with Crippen LogP contribution >= 0.6 is 0 Å². The standard InChI is InChI=1S/C35H49FN6O5/c1-22-16-40(29(14-37-22)17-41-23(2)19-45-20-24(41)3)18-32(43)42-25(4)21-47-35-31(42)13-27(12-26-7-9-28(36)10-8-26)33(39-35)34(44)38-15-30-6-5-11-46-30/h7-10,13,22-25,29-30,37H,5-6,11-12,14-21H2,1-4H3,(H,38,44)/t22-,23-,24-,25+,29-,30-/m1/s1. The molecule has 11 nitrogen and oxygen atoms in total. The number of halogens is 1. The fourth-order valence-corrected chi connectivity index (χ4v) is 7.24. The highest BCUT2D eigenvalue weighted by Crippen LogP contribution is 2.35. The summed E-state index contributed by atoms with van der Waals surface area (Å²) in [5, 5.41) is 6.60. The first kappa shape index (κ1) is 33.7. The fraction of sp³-hybridized carbons (Fsp3) is 0.629. The van der Waals surface area contributed by atoms with Gasteiger partial charge in [0.25, 0.3) is 5.91 Å². The molecule has 12 heteroatoms. The topological polar surface area (TPSA) is 109 Å². The molecule has 0 bridgehead atoms. The maximum absolute atomic E-state index is 14.3. The van der Waals surface area contributed by atoms with E-state index in [0.717, 1.165) is 38.0 Å². The van der Waals surface area contributed by atoms with E-state index in [1.807, 2.05) is 13.0 Å². The number of hydrogen-bond donors (Lipinski definition) is 2. The van der Waals surface area contributed by atoms with Crippen LogP contribution < -0.4 is 20.3 Å². The van der Waals surface area contributed by atoms with Crippen LogP contribution in [0.2, 0.25) is 0 Å². The molecule has 4 aliphatic heterocycles. The first-order valence-corrected chi connectivity index (χ1v) is 17.1. The number of hydrogen-bond acceptors (Lipinski definition) is 9. The predicted octanol–water partition coefficient (Wildman–Crippen LogP) is 2.61. The van der Waals surface area contributed by atoms with Crippen molar-refractivity contribution in [1.82, 2.24) is 25.4 Å². The van der Waals surface area contributed by atoms with Gasteiger partial charge in [0.2, 0.25) is 11.8 Å². The van der Waals surface area contributed by atoms with E-state index in [9.17, 15) is 14.0 Å². The van der Waals surface area contributed by atoms with Crippen LogP contribution in [0.3, 0.4) is 0 Å². The van der Waals surface area contributed by atoms with Crippen molar-refractivity contribution < 1.29 is 28.2 Å². The van der Waals surface area contributed by atoms with Crippen LogP contribution in [0, 0.1) is 5.82 Å². The molecule has 2 aromatic rings. The van der Waals surface area contributed by atoms with Gasteiger partial charge in [-0.25, -0.2) is 9.37 Å². The molecule has 0 spiro atoms. The van der Waals surface area contributed by atoms with Crippen molar-refractivity contribution >= 4 is 17.5 Å². The zero-order valence-corrected chi connectivity index (χ0v) is 28.0. The van der Waals surface area contributed by atoms with Crippen LogP contribution in [0.4, 0.5) is 10.1 Å². The number of rotatable bonds is 9. The molecule has 2 amide bonds. The van der Waals surface area contributed by atoms with Crippen molar-refractivity contribution in [3.05, 3.63) is 53.0 Å². The van der Waals surface area contributed by atoms with E-state index in [1.165, 1.54) is 12.1 Å². The minimum Gasteiger partial charge on any atom is -0.474 e. The first-order valence-electron chi connectivity index (χ1n) is 17.1. The molecule has 6 rings (SSSR count). The van der Waals surface area contributed by atoms with E-state index in [4.69, 9.17) is 19.2 Å². The summed E-state index contributed by atoms with van der Waals surface area (Å²) in [7, 11) is 0. The second-order valence-corrected chi connectivity index (χ2v) is 13.7. The lowest BCUT2D eigenvalue weighted by molar-refractivity contribution is -0.122. The van der Waals surface area contributed by atoms with E-state index in [-0.39, 0.29) is 66.6 Å². The predicted molar refractivity (Wildman–Crippen MR) is 176 cm³/mol. The van der Waals surface area contributed by atoms with Gasteiger partial charge >= 0.3 is 0 Å². The number of anilines is 1. The normalized spacial score (nSPS) is 28.5. The molecule has 4 aliphatic rings. The summed E-state index contributed by atoms with van der Waals surface area (Å²) in [6, 6.07) is 8.88. The van der Waals surface area contributed by atoms with Crippen LogP contribution in [0.25, 0.3) is 0 Å². The van der Waals surface area contributed by atoms with Crippen molar-refractivity contribution in [3.63, 3.8) is 0 Å². The third kappa shape index (κ3) is 7.94. The fourth-order valence-electron chi connectivity index (χ4n) is 7.24. The molecule has 0 radical (unpaired) electrons. The largest absolute Gasteiger partial charge is 0.474 e. The Kier molecular flexibility index (Phi) is 10.7. The van der Waals surface area contributed by atoms with Gasteiger partial charge in [0, 0.05) is 57.0 Å². The zero-order chi connectivity index (χ0) is 33.1. The van der Waals surface area contributed by atoms with Gasteiger partial charge in [-0.2, -0.15) is 0 Å². The number of nitrogens with one attached hydrogen (secondary N) is 2. The van der Waals surface area contributed by atoms with Crippen LogP contribution in [-0.2, 0) is 20.7 Å². The van der Waals surface area contributed by atoms with Crippen LogP contribution in [0.1, 0.15) is 62.2 Å². The van der Waals surface area contributed by atoms with Gasteiger partial charge in [-0.15, -0.1) is 0 Å². The van der Waals surface area contributed by atoms with Gasteiger partial charge in [-0.3, -0.25) is 19.4 Å². The first-order chi connectivity index (χ1) is 22.7. The third-order valence-electron chi connectivity index (χ3n) is 9.85. The minimum absolute atomic E-state index is 0.0199. The molecule has 0 unspecified atom stereocenters. The van der Waals surface area contributed by atoms with Gasteiger partial charge in [-0.1, -0.05) is 12.1 Å². The second-order valence-electron chi connectivity index (χ2n) is 13.7. The average molecular weight is 653 g/mol. The van der Waals surface area contributed by atoms with Crippen molar-refractivity contribution in [2.75, 3.05) is 64.1 Å². The molecule has 1 aromatic carbocycles. The summed E-state index contributed by atoms with van der Waals surface area (Å²) in [5.74, 6) is -0.425. The van der Waals surface area contributed by atoms with Crippen LogP contribution in [0.15, 0.2) is 30.3 Å². The zero-order valence-electron chi connectivity index (χ0n) is 28.0. The molecule has 0 aliphatic carbocycles. The number of amides is 2. The average Bonchev–Trinajstić information content (AvgIpc) is 3.57. The molecule has 3 saturated heterocycles. The van der Waals surface area contributed by atoms with Crippen LogP contribution in [-0.4, -0.2) is 122 Å². The summed E-state index contributed by atoms with van der Waals surface area (Å²) >= 11 is 0. The van der Waals surface area contributed by atoms with Crippen molar-refractivity contribution in [2.24, 2.45) is 0 Å². The Morgan fingerprint density at radius 3 is 2.55 bits per heavy atom. The molecule has 2 N–H and O–H groups in total. The Hall–Kier alpha value is -3.16. The monoisotopic (exact) mass is 652 g/mol. The maximum Gasteiger partial charge on any atom is 0.270 e. The van der Waals surface area contributed by atoms with E-state index in [0.29, 0.717) is 56.1 Å². The van der Waals surface area contributed by atoms with E-state index >= 15 is 0 Å². The van der Waals surface area contributed by atoms with E-state index in [1.54, 1.807) is 17.0 Å². The quantitative estimate of drug-likeness (QED) is 0.423. The Balaban J connectivity index is 1.26. The lowest BCUT2D eigenvalue weighted by Crippen LogP contribution is -2.63. The Morgan fingerprint density at radius 2 is 1.83 bits per heavy atom. The SMILES string of the molecule is C[C@@H]1CN(CC(=O)N2c3cc(Cc4ccc(F)cc4)c(C(=O)NC[C@H]4CCCO4)nc3OC[C@@H]2C)[C@@H](CN2[C@H](C)COC[C@H]2C)CN1. The number of ether oxygens (including phenoxy) is 3. The number of fused-ring (bicyclic) bond motifs is 1. The number of aromatic nitrogens is 1. The highest BCUT2D eigenvalue weighted by molar-refractivity contribution is 5.99. The number of nitrogens with zero attached hydrogens (tertiary/aromatic N) is 4. The minimum atomic E-state index is -0.330. The summed E-state index contributed by atoms with van der Waals surface area (Å²) in [4.78, 5) is 39.1. The number of morpholine rings is 1. The molecule has 6 atom stereocenters. The molecule has 5 heterocycles. The van der Waals surface area contributed by atoms with E-state index in [2.05, 4.69) is 41.2 Å². The Labute approximate surface area is 277 Å². The molecule has 1 aromatic heterocycles. The molecule has 3 fully saturated rings. The third-order valence-corrected chi connectivity index (χ3v) is 9.85. The highest BCUT2D eigenvalue weighted by Gasteiger charge is 2.37. The Bertz CT molecular complexity index is 1400. The summed E-state index contributed by atoms with van der Waals surface area (Å²) in [6.07, 6.45) is 2.19. The summed E-state index contributed by atoms with van der Waals surface area (Å²) < 4.78 is 31.2.